The Morgan fingerprint density at radius 3 is 2.59 bits per heavy atom. The van der Waals surface area contributed by atoms with Crippen molar-refractivity contribution in [3.63, 3.8) is 0 Å². The molecule has 1 saturated carbocycles. The monoisotopic (exact) mass is 387 g/mol. The Bertz CT molecular complexity index is 901. The molecular formula is C19H21N3O4S. The summed E-state index contributed by atoms with van der Waals surface area (Å²) in [7, 11) is -3.80. The molecule has 0 unspecified atom stereocenters. The van der Waals surface area contributed by atoms with Gasteiger partial charge >= 0.3 is 0 Å². The lowest BCUT2D eigenvalue weighted by atomic mass is 10.2. The standard InChI is InChI=1S/C19H21N3O4S/c23-19(21-14-8-9-14)18-11-16(26-15-5-4-10-20-12-15)13-22(18)27(24,25)17-6-2-1-3-7-17/h1-7,10,12,14,16,18H,8-9,11,13H2,(H,21,23)/t16-,18-/m0/s1. The zero-order valence-corrected chi connectivity index (χ0v) is 15.5. The van der Waals surface area contributed by atoms with Crippen molar-refractivity contribution < 1.29 is 17.9 Å². The molecule has 27 heavy (non-hydrogen) atoms. The van der Waals surface area contributed by atoms with Gasteiger partial charge < -0.3 is 10.1 Å². The van der Waals surface area contributed by atoms with E-state index in [9.17, 15) is 13.2 Å². The van der Waals surface area contributed by atoms with Crippen molar-refractivity contribution in [2.75, 3.05) is 6.54 Å². The molecule has 2 heterocycles. The zero-order valence-electron chi connectivity index (χ0n) is 14.7. The van der Waals surface area contributed by atoms with Gasteiger partial charge in [-0.2, -0.15) is 4.31 Å². The second-order valence-electron chi connectivity index (χ2n) is 6.85. The van der Waals surface area contributed by atoms with E-state index in [0.717, 1.165) is 12.8 Å². The van der Waals surface area contributed by atoms with Crippen LogP contribution in [0, 0.1) is 0 Å². The minimum absolute atomic E-state index is 0.120. The minimum atomic E-state index is -3.80. The summed E-state index contributed by atoms with van der Waals surface area (Å²) in [6.07, 6.45) is 4.99. The first kappa shape index (κ1) is 17.9. The summed E-state index contributed by atoms with van der Waals surface area (Å²) in [5.41, 5.74) is 0. The molecule has 1 amide bonds. The fraction of sp³-hybridized carbons (Fsp3) is 0.368. The first-order chi connectivity index (χ1) is 13.0. The van der Waals surface area contributed by atoms with Crippen LogP contribution in [0.1, 0.15) is 19.3 Å². The highest BCUT2D eigenvalue weighted by Crippen LogP contribution is 2.30. The van der Waals surface area contributed by atoms with Crippen LogP contribution in [0.4, 0.5) is 0 Å². The van der Waals surface area contributed by atoms with Gasteiger partial charge in [0.1, 0.15) is 17.9 Å². The summed E-state index contributed by atoms with van der Waals surface area (Å²) < 4.78 is 33.4. The largest absolute Gasteiger partial charge is 0.487 e. The fourth-order valence-corrected chi connectivity index (χ4v) is 4.87. The molecule has 0 bridgehead atoms. The predicted octanol–water partition coefficient (Wildman–Crippen LogP) is 1.57. The molecule has 1 aromatic heterocycles. The first-order valence-electron chi connectivity index (χ1n) is 8.98. The van der Waals surface area contributed by atoms with E-state index in [1.165, 1.54) is 4.31 Å². The van der Waals surface area contributed by atoms with Gasteiger partial charge in [-0.05, 0) is 37.1 Å². The lowest BCUT2D eigenvalue weighted by Gasteiger charge is -2.23. The Morgan fingerprint density at radius 1 is 1.15 bits per heavy atom. The Hall–Kier alpha value is -2.45. The molecule has 0 radical (unpaired) electrons. The van der Waals surface area contributed by atoms with Crippen LogP contribution in [0.25, 0.3) is 0 Å². The number of carbonyl (C=O) groups excluding carboxylic acids is 1. The van der Waals surface area contributed by atoms with Gasteiger partial charge in [-0.15, -0.1) is 0 Å². The second-order valence-corrected chi connectivity index (χ2v) is 8.74. The van der Waals surface area contributed by atoms with E-state index in [2.05, 4.69) is 10.3 Å². The summed E-state index contributed by atoms with van der Waals surface area (Å²) >= 11 is 0. The van der Waals surface area contributed by atoms with Crippen molar-refractivity contribution in [2.24, 2.45) is 0 Å². The van der Waals surface area contributed by atoms with Gasteiger partial charge in [0.05, 0.1) is 17.6 Å². The normalized spacial score (nSPS) is 23.1. The van der Waals surface area contributed by atoms with Crippen LogP contribution in [0.5, 0.6) is 5.75 Å². The molecular weight excluding hydrogens is 366 g/mol. The maximum Gasteiger partial charge on any atom is 0.243 e. The number of sulfonamides is 1. The fourth-order valence-electron chi connectivity index (χ4n) is 3.22. The molecule has 2 aliphatic rings. The number of amides is 1. The van der Waals surface area contributed by atoms with Crippen LogP contribution >= 0.6 is 0 Å². The highest BCUT2D eigenvalue weighted by atomic mass is 32.2. The molecule has 0 spiro atoms. The van der Waals surface area contributed by atoms with E-state index in [-0.39, 0.29) is 23.4 Å². The Labute approximate surface area is 158 Å². The lowest BCUT2D eigenvalue weighted by Crippen LogP contribution is -2.46. The molecule has 4 rings (SSSR count). The molecule has 8 heteroatoms. The molecule has 2 atom stereocenters. The highest BCUT2D eigenvalue weighted by Gasteiger charge is 2.45. The van der Waals surface area contributed by atoms with Crippen LogP contribution in [-0.2, 0) is 14.8 Å². The number of benzene rings is 1. The Kier molecular flexibility index (Phi) is 4.84. The minimum Gasteiger partial charge on any atom is -0.487 e. The Morgan fingerprint density at radius 2 is 1.93 bits per heavy atom. The third-order valence-corrected chi connectivity index (χ3v) is 6.62. The van der Waals surface area contributed by atoms with Crippen molar-refractivity contribution in [3.8, 4) is 5.75 Å². The summed E-state index contributed by atoms with van der Waals surface area (Å²) in [6, 6.07) is 11.1. The maximum absolute atomic E-state index is 13.1. The van der Waals surface area contributed by atoms with Gasteiger partial charge in [0, 0.05) is 18.7 Å². The third-order valence-electron chi connectivity index (χ3n) is 4.73. The number of carbonyl (C=O) groups is 1. The third kappa shape index (κ3) is 3.96. The van der Waals surface area contributed by atoms with Crippen molar-refractivity contribution in [1.29, 1.82) is 0 Å². The van der Waals surface area contributed by atoms with Crippen molar-refractivity contribution in [2.45, 2.75) is 42.3 Å². The molecule has 1 N–H and O–H groups in total. The quantitative estimate of drug-likeness (QED) is 0.813. The van der Waals surface area contributed by atoms with E-state index in [0.29, 0.717) is 12.2 Å². The number of nitrogens with one attached hydrogen (secondary N) is 1. The van der Waals surface area contributed by atoms with Crippen molar-refractivity contribution in [3.05, 3.63) is 54.9 Å². The molecule has 1 aromatic carbocycles. The van der Waals surface area contributed by atoms with Gasteiger partial charge in [0.2, 0.25) is 15.9 Å². The summed E-state index contributed by atoms with van der Waals surface area (Å²) in [4.78, 5) is 16.9. The van der Waals surface area contributed by atoms with Crippen molar-refractivity contribution >= 4 is 15.9 Å². The number of rotatable bonds is 6. The first-order valence-corrected chi connectivity index (χ1v) is 10.4. The molecule has 142 valence electrons. The molecule has 2 aromatic rings. The molecule has 1 aliphatic carbocycles. The average Bonchev–Trinajstić information content (AvgIpc) is 3.39. The molecule has 1 saturated heterocycles. The van der Waals surface area contributed by atoms with Gasteiger partial charge in [-0.3, -0.25) is 9.78 Å². The SMILES string of the molecule is O=C(NC1CC1)[C@@H]1C[C@H](Oc2cccnc2)CN1S(=O)(=O)c1ccccc1. The Balaban J connectivity index is 1.58. The molecule has 7 nitrogen and oxygen atoms in total. The van der Waals surface area contributed by atoms with Crippen molar-refractivity contribution in [1.82, 2.24) is 14.6 Å². The number of hydrogen-bond acceptors (Lipinski definition) is 5. The van der Waals surface area contributed by atoms with Crippen LogP contribution in [-0.4, -0.2) is 48.3 Å². The van der Waals surface area contributed by atoms with Crippen LogP contribution in [0.3, 0.4) is 0 Å². The van der Waals surface area contributed by atoms with Crippen LogP contribution in [0.15, 0.2) is 59.8 Å². The van der Waals surface area contributed by atoms with Crippen LogP contribution in [0.2, 0.25) is 0 Å². The van der Waals surface area contributed by atoms with Crippen LogP contribution < -0.4 is 10.1 Å². The lowest BCUT2D eigenvalue weighted by molar-refractivity contribution is -0.124. The number of hydrogen-bond donors (Lipinski definition) is 1. The summed E-state index contributed by atoms with van der Waals surface area (Å²) in [6.45, 7) is 0.120. The summed E-state index contributed by atoms with van der Waals surface area (Å²) in [5, 5.41) is 2.92. The maximum atomic E-state index is 13.1. The van der Waals surface area contributed by atoms with E-state index >= 15 is 0 Å². The number of ether oxygens (including phenoxy) is 1. The predicted molar refractivity (Wildman–Crippen MR) is 98.6 cm³/mol. The topological polar surface area (TPSA) is 88.6 Å². The van der Waals surface area contributed by atoms with E-state index in [1.807, 2.05) is 0 Å². The second kappa shape index (κ2) is 7.28. The average molecular weight is 387 g/mol. The van der Waals surface area contributed by atoms with Gasteiger partial charge in [0.15, 0.2) is 0 Å². The smallest absolute Gasteiger partial charge is 0.243 e. The summed E-state index contributed by atoms with van der Waals surface area (Å²) in [5.74, 6) is 0.303. The van der Waals surface area contributed by atoms with Gasteiger partial charge in [-0.1, -0.05) is 18.2 Å². The zero-order chi connectivity index (χ0) is 18.9. The molecule has 1 aliphatic heterocycles. The highest BCUT2D eigenvalue weighted by molar-refractivity contribution is 7.89. The van der Waals surface area contributed by atoms with Gasteiger partial charge in [-0.25, -0.2) is 8.42 Å². The number of nitrogens with zero attached hydrogens (tertiary/aromatic N) is 2. The number of aromatic nitrogens is 1. The molecule has 2 fully saturated rings. The van der Waals surface area contributed by atoms with E-state index < -0.39 is 22.2 Å². The number of pyridine rings is 1. The van der Waals surface area contributed by atoms with E-state index in [1.54, 1.807) is 54.9 Å². The van der Waals surface area contributed by atoms with Gasteiger partial charge in [0.25, 0.3) is 0 Å². The van der Waals surface area contributed by atoms with E-state index in [4.69, 9.17) is 4.74 Å².